The summed E-state index contributed by atoms with van der Waals surface area (Å²) < 4.78 is 49.9. The fourth-order valence-electron chi connectivity index (χ4n) is 3.30. The molecule has 0 spiro atoms. The number of alkyl halides is 3. The summed E-state index contributed by atoms with van der Waals surface area (Å²) in [6.45, 7) is 0. The van der Waals surface area contributed by atoms with E-state index in [0.29, 0.717) is 27.7 Å². The molecule has 0 saturated carbocycles. The van der Waals surface area contributed by atoms with Gasteiger partial charge in [-0.3, -0.25) is 0 Å². The molecule has 2 amide bonds. The van der Waals surface area contributed by atoms with Gasteiger partial charge in [-0.15, -0.1) is 0 Å². The molecule has 12 heteroatoms. The summed E-state index contributed by atoms with van der Waals surface area (Å²) in [5.41, 5.74) is 0.0124. The van der Waals surface area contributed by atoms with Gasteiger partial charge in [0, 0.05) is 27.7 Å². The summed E-state index contributed by atoms with van der Waals surface area (Å²) in [6, 6.07) is 12.9. The lowest BCUT2D eigenvalue weighted by Crippen LogP contribution is -2.20. The molecule has 36 heavy (non-hydrogen) atoms. The van der Waals surface area contributed by atoms with E-state index in [-0.39, 0.29) is 5.69 Å². The minimum Gasteiger partial charge on any atom is -0.493 e. The topological polar surface area (TPSA) is 85.4 Å². The van der Waals surface area contributed by atoms with Crippen LogP contribution in [0.25, 0.3) is 10.9 Å². The first kappa shape index (κ1) is 25.4. The van der Waals surface area contributed by atoms with Crippen molar-refractivity contribution >= 4 is 51.7 Å². The predicted molar refractivity (Wildman–Crippen MR) is 132 cm³/mol. The standard InChI is InChI=1S/C24H18ClF3N4O3S/c1-34-20-10-16-19(11-21(20)35-2)29-12-30-22(16)36-15-5-3-4-13(8-15)31-23(33)32-14-6-7-18(25)17(9-14)24(26,27)28/h3-12H,1-2H3,(H2,31,32,33). The molecular formula is C24H18ClF3N4O3S. The van der Waals surface area contributed by atoms with Crippen LogP contribution >= 0.6 is 23.4 Å². The van der Waals surface area contributed by atoms with E-state index in [1.54, 1.807) is 30.3 Å². The van der Waals surface area contributed by atoms with Crippen LogP contribution in [0, 0.1) is 0 Å². The molecule has 0 fully saturated rings. The maximum Gasteiger partial charge on any atom is 0.417 e. The van der Waals surface area contributed by atoms with E-state index in [2.05, 4.69) is 20.6 Å². The van der Waals surface area contributed by atoms with Gasteiger partial charge in [0.25, 0.3) is 0 Å². The Bertz CT molecular complexity index is 1440. The van der Waals surface area contributed by atoms with Crippen molar-refractivity contribution in [2.75, 3.05) is 24.9 Å². The van der Waals surface area contributed by atoms with E-state index in [4.69, 9.17) is 21.1 Å². The third-order valence-electron chi connectivity index (χ3n) is 4.94. The molecule has 0 radical (unpaired) electrons. The molecule has 0 aliphatic heterocycles. The molecular weight excluding hydrogens is 517 g/mol. The molecule has 0 bridgehead atoms. The monoisotopic (exact) mass is 534 g/mol. The van der Waals surface area contributed by atoms with Gasteiger partial charge in [-0.2, -0.15) is 13.2 Å². The molecule has 4 rings (SSSR count). The number of rotatable bonds is 6. The lowest BCUT2D eigenvalue weighted by atomic mass is 10.2. The number of amides is 2. The molecule has 7 nitrogen and oxygen atoms in total. The first-order valence-corrected chi connectivity index (χ1v) is 11.5. The van der Waals surface area contributed by atoms with E-state index in [0.717, 1.165) is 22.4 Å². The Morgan fingerprint density at radius 3 is 2.33 bits per heavy atom. The third-order valence-corrected chi connectivity index (χ3v) is 6.28. The Hall–Kier alpha value is -3.70. The molecule has 4 aromatic rings. The number of carbonyl (C=O) groups excluding carboxylic acids is 1. The van der Waals surface area contributed by atoms with E-state index in [1.807, 2.05) is 6.07 Å². The van der Waals surface area contributed by atoms with Gasteiger partial charge in [0.05, 0.1) is 30.3 Å². The summed E-state index contributed by atoms with van der Waals surface area (Å²) >= 11 is 6.97. The van der Waals surface area contributed by atoms with E-state index in [1.165, 1.54) is 38.4 Å². The lowest BCUT2D eigenvalue weighted by Gasteiger charge is -2.13. The molecule has 0 aliphatic carbocycles. The molecule has 186 valence electrons. The van der Waals surface area contributed by atoms with Crippen molar-refractivity contribution in [3.8, 4) is 11.5 Å². The number of nitrogens with one attached hydrogen (secondary N) is 2. The highest BCUT2D eigenvalue weighted by molar-refractivity contribution is 7.99. The summed E-state index contributed by atoms with van der Waals surface area (Å²) in [6.07, 6.45) is -3.20. The van der Waals surface area contributed by atoms with Crippen molar-refractivity contribution in [2.24, 2.45) is 0 Å². The van der Waals surface area contributed by atoms with Crippen molar-refractivity contribution in [1.29, 1.82) is 0 Å². The van der Waals surface area contributed by atoms with Crippen LogP contribution in [0.15, 0.2) is 70.8 Å². The van der Waals surface area contributed by atoms with E-state index < -0.39 is 22.8 Å². The van der Waals surface area contributed by atoms with Crippen molar-refractivity contribution < 1.29 is 27.4 Å². The Morgan fingerprint density at radius 1 is 0.944 bits per heavy atom. The molecule has 0 saturated heterocycles. The Labute approximate surface area is 213 Å². The smallest absolute Gasteiger partial charge is 0.417 e. The number of anilines is 2. The number of benzene rings is 3. The van der Waals surface area contributed by atoms with Crippen LogP contribution in [0.5, 0.6) is 11.5 Å². The average Bonchev–Trinajstić information content (AvgIpc) is 2.84. The highest BCUT2D eigenvalue weighted by Crippen LogP contribution is 2.38. The summed E-state index contributed by atoms with van der Waals surface area (Å²) in [7, 11) is 3.08. The van der Waals surface area contributed by atoms with Gasteiger partial charge in [-0.25, -0.2) is 14.8 Å². The molecule has 0 unspecified atom stereocenters. The first-order chi connectivity index (χ1) is 17.2. The van der Waals surface area contributed by atoms with E-state index in [9.17, 15) is 18.0 Å². The number of halogens is 4. The normalized spacial score (nSPS) is 11.3. The number of carbonyl (C=O) groups is 1. The fourth-order valence-corrected chi connectivity index (χ4v) is 4.46. The van der Waals surface area contributed by atoms with Gasteiger partial charge in [-0.05, 0) is 42.5 Å². The molecule has 1 aromatic heterocycles. The van der Waals surface area contributed by atoms with Gasteiger partial charge in [0.1, 0.15) is 11.4 Å². The molecule has 0 atom stereocenters. The van der Waals surface area contributed by atoms with Gasteiger partial charge >= 0.3 is 12.2 Å². The molecule has 1 heterocycles. The summed E-state index contributed by atoms with van der Waals surface area (Å²) in [4.78, 5) is 21.8. The van der Waals surface area contributed by atoms with Gasteiger partial charge in [0.2, 0.25) is 0 Å². The van der Waals surface area contributed by atoms with Crippen LogP contribution in [0.4, 0.5) is 29.3 Å². The quantitative estimate of drug-likeness (QED) is 0.256. The zero-order valence-corrected chi connectivity index (χ0v) is 20.4. The number of hydrogen-bond acceptors (Lipinski definition) is 6. The molecule has 3 aromatic carbocycles. The average molecular weight is 535 g/mol. The number of ether oxygens (including phenoxy) is 2. The number of fused-ring (bicyclic) bond motifs is 1. The Balaban J connectivity index is 1.52. The van der Waals surface area contributed by atoms with Crippen molar-refractivity contribution in [2.45, 2.75) is 16.1 Å². The van der Waals surface area contributed by atoms with Crippen LogP contribution in [-0.4, -0.2) is 30.2 Å². The summed E-state index contributed by atoms with van der Waals surface area (Å²) in [5.74, 6) is 1.07. The SMILES string of the molecule is COc1cc2ncnc(Sc3cccc(NC(=O)Nc4ccc(Cl)c(C(F)(F)F)c4)c3)c2cc1OC. The minimum atomic E-state index is -4.64. The van der Waals surface area contributed by atoms with Gasteiger partial charge in [-0.1, -0.05) is 29.4 Å². The van der Waals surface area contributed by atoms with Crippen molar-refractivity contribution in [1.82, 2.24) is 9.97 Å². The lowest BCUT2D eigenvalue weighted by molar-refractivity contribution is -0.137. The Morgan fingerprint density at radius 2 is 1.64 bits per heavy atom. The maximum atomic E-state index is 13.1. The van der Waals surface area contributed by atoms with Gasteiger partial charge in [0.15, 0.2) is 11.5 Å². The van der Waals surface area contributed by atoms with Gasteiger partial charge < -0.3 is 20.1 Å². The highest BCUT2D eigenvalue weighted by atomic mass is 35.5. The minimum absolute atomic E-state index is 0.0495. The molecule has 0 aliphatic rings. The zero-order valence-electron chi connectivity index (χ0n) is 18.8. The van der Waals surface area contributed by atoms with Crippen LogP contribution in [0.3, 0.4) is 0 Å². The second kappa shape index (κ2) is 10.5. The van der Waals surface area contributed by atoms with Crippen LogP contribution < -0.4 is 20.1 Å². The van der Waals surface area contributed by atoms with Crippen LogP contribution in [-0.2, 0) is 6.18 Å². The number of methoxy groups -OCH3 is 2. The van der Waals surface area contributed by atoms with Crippen LogP contribution in [0.1, 0.15) is 5.56 Å². The summed E-state index contributed by atoms with van der Waals surface area (Å²) in [5, 5.41) is 5.95. The van der Waals surface area contributed by atoms with Crippen molar-refractivity contribution in [3.63, 3.8) is 0 Å². The number of nitrogens with zero attached hydrogens (tertiary/aromatic N) is 2. The van der Waals surface area contributed by atoms with Crippen LogP contribution in [0.2, 0.25) is 5.02 Å². The predicted octanol–water partition coefficient (Wildman–Crippen LogP) is 7.11. The second-order valence-electron chi connectivity index (χ2n) is 7.30. The maximum absolute atomic E-state index is 13.1. The highest BCUT2D eigenvalue weighted by Gasteiger charge is 2.33. The fraction of sp³-hybridized carbons (Fsp3) is 0.125. The third kappa shape index (κ3) is 5.74. The van der Waals surface area contributed by atoms with E-state index >= 15 is 0 Å². The number of hydrogen-bond donors (Lipinski definition) is 2. The molecule has 2 N–H and O–H groups in total. The number of urea groups is 1. The largest absolute Gasteiger partial charge is 0.493 e. The first-order valence-electron chi connectivity index (χ1n) is 10.3. The second-order valence-corrected chi connectivity index (χ2v) is 8.77. The zero-order chi connectivity index (χ0) is 25.9. The number of aromatic nitrogens is 2. The Kier molecular flexibility index (Phi) is 7.41. The van der Waals surface area contributed by atoms with Crippen molar-refractivity contribution in [3.05, 3.63) is 71.5 Å².